The second kappa shape index (κ2) is 19.9. The molecule has 62 heavy (non-hydrogen) atoms. The number of benzene rings is 4. The Hall–Kier alpha value is -7.83. The van der Waals surface area contributed by atoms with Crippen molar-refractivity contribution in [3.63, 3.8) is 0 Å². The number of aromatic nitrogens is 3. The highest BCUT2D eigenvalue weighted by Crippen LogP contribution is 2.36. The monoisotopic (exact) mass is 878 g/mol. The van der Waals surface area contributed by atoms with E-state index in [0.29, 0.717) is 57.3 Å². The molecule has 3 heterocycles. The van der Waals surface area contributed by atoms with Crippen LogP contribution in [0.25, 0.3) is 10.9 Å². The van der Waals surface area contributed by atoms with Gasteiger partial charge in [-0.25, -0.2) is 9.59 Å². The zero-order valence-corrected chi connectivity index (χ0v) is 33.8. The maximum Gasteiger partial charge on any atom is 0.417 e. The van der Waals surface area contributed by atoms with Gasteiger partial charge in [-0.05, 0) is 103 Å². The minimum absolute atomic E-state index is 0.0551. The predicted molar refractivity (Wildman–Crippen MR) is 238 cm³/mol. The number of hydrogen-bond acceptors (Lipinski definition) is 9. The number of aliphatic imine (C=N–C) groups is 1. The van der Waals surface area contributed by atoms with Crippen LogP contribution in [0.3, 0.4) is 0 Å². The quantitative estimate of drug-likeness (QED) is 0.0436. The molecule has 3 aromatic heterocycles. The van der Waals surface area contributed by atoms with E-state index in [1.54, 1.807) is 92.2 Å². The molecule has 0 bridgehead atoms. The number of amides is 4. The van der Waals surface area contributed by atoms with Crippen molar-refractivity contribution in [3.8, 4) is 23.0 Å². The van der Waals surface area contributed by atoms with E-state index in [1.807, 2.05) is 30.3 Å². The van der Waals surface area contributed by atoms with Gasteiger partial charge in [-0.15, -0.1) is 0 Å². The molecule has 0 unspecified atom stereocenters. The lowest BCUT2D eigenvalue weighted by atomic mass is 10.2. The number of nitrogens with zero attached hydrogens (tertiary/aromatic N) is 4. The molecule has 19 heteroatoms. The lowest BCUT2D eigenvalue weighted by Crippen LogP contribution is -2.19. The Labute approximate surface area is 362 Å². The number of ether oxygens (including phenoxy) is 2. The van der Waals surface area contributed by atoms with Crippen LogP contribution in [-0.2, 0) is 6.18 Å². The number of fused-ring (bicyclic) bond motifs is 1. The van der Waals surface area contributed by atoms with Crippen LogP contribution in [-0.4, -0.2) is 44.9 Å². The topological polar surface area (TPSA) is 204 Å². The predicted octanol–water partition coefficient (Wildman–Crippen LogP) is 10.2. The van der Waals surface area contributed by atoms with Crippen molar-refractivity contribution in [2.75, 3.05) is 28.3 Å². The van der Waals surface area contributed by atoms with Crippen molar-refractivity contribution in [1.82, 2.24) is 15.0 Å². The summed E-state index contributed by atoms with van der Waals surface area (Å²) >= 11 is 10.4. The molecule has 0 fully saturated rings. The van der Waals surface area contributed by atoms with Crippen molar-refractivity contribution < 1.29 is 32.2 Å². The highest BCUT2D eigenvalue weighted by atomic mass is 35.5. The third-order valence-electron chi connectivity index (χ3n) is 8.30. The van der Waals surface area contributed by atoms with Crippen molar-refractivity contribution in [1.29, 1.82) is 0 Å². The average molecular weight is 879 g/mol. The van der Waals surface area contributed by atoms with Gasteiger partial charge < -0.3 is 42.2 Å². The van der Waals surface area contributed by atoms with Crippen LogP contribution in [0.5, 0.6) is 23.0 Å². The summed E-state index contributed by atoms with van der Waals surface area (Å²) in [6, 6.07) is 31.4. The molecule has 0 spiro atoms. The zero-order chi connectivity index (χ0) is 44.2. The summed E-state index contributed by atoms with van der Waals surface area (Å²) in [5, 5.41) is 11.0. The lowest BCUT2D eigenvalue weighted by molar-refractivity contribution is -0.137. The second-order valence-corrected chi connectivity index (χ2v) is 13.6. The first-order valence-electron chi connectivity index (χ1n) is 18.1. The molecule has 4 aromatic carbocycles. The molecule has 7 rings (SSSR count). The van der Waals surface area contributed by atoms with Crippen molar-refractivity contribution in [2.45, 2.75) is 6.18 Å². The Morgan fingerprint density at radius 2 is 1.13 bits per heavy atom. The highest BCUT2D eigenvalue weighted by Gasteiger charge is 2.33. The van der Waals surface area contributed by atoms with Crippen LogP contribution in [0.15, 0.2) is 145 Å². The largest absolute Gasteiger partial charge is 0.457 e. The molecule has 4 amide bonds. The van der Waals surface area contributed by atoms with Gasteiger partial charge in [-0.2, -0.15) is 13.2 Å². The van der Waals surface area contributed by atoms with Crippen molar-refractivity contribution in [2.24, 2.45) is 16.5 Å². The van der Waals surface area contributed by atoms with Gasteiger partial charge in [0.15, 0.2) is 0 Å². The molecule has 0 saturated carbocycles. The highest BCUT2D eigenvalue weighted by molar-refractivity contribution is 7.80. The third-order valence-corrected chi connectivity index (χ3v) is 8.84. The van der Waals surface area contributed by atoms with Gasteiger partial charge in [0.1, 0.15) is 45.2 Å². The van der Waals surface area contributed by atoms with Gasteiger partial charge in [0.05, 0.1) is 16.1 Å². The molecule has 314 valence electrons. The van der Waals surface area contributed by atoms with Gasteiger partial charge in [0.25, 0.3) is 0 Å². The summed E-state index contributed by atoms with van der Waals surface area (Å²) in [6.45, 7) is 0. The van der Waals surface area contributed by atoms with E-state index in [-0.39, 0.29) is 16.7 Å². The van der Waals surface area contributed by atoms with E-state index in [1.165, 1.54) is 12.3 Å². The van der Waals surface area contributed by atoms with Crippen LogP contribution >= 0.6 is 23.8 Å². The fraction of sp³-hybridized carbons (Fsp3) is 0.0465. The van der Waals surface area contributed by atoms with Gasteiger partial charge >= 0.3 is 18.2 Å². The summed E-state index contributed by atoms with van der Waals surface area (Å²) in [5.74, 6) is 2.47. The van der Waals surface area contributed by atoms with Gasteiger partial charge in [-0.1, -0.05) is 29.9 Å². The normalized spacial score (nSPS) is 11.1. The van der Waals surface area contributed by atoms with Crippen LogP contribution in [0.1, 0.15) is 17.0 Å². The molecule has 0 aliphatic heterocycles. The minimum atomic E-state index is -4.63. The molecule has 8 N–H and O–H groups in total. The molecule has 0 radical (unpaired) electrons. The SMILES string of the molecule is CN=C(N)c1cc(Oc2ccc(NC(=O)Nc3ccc4ncccc4c3)cc2)ccn1.NC(=S)c1cc(Oc2ccc(NC(=O)Nc3ccc(Cl)c(C(F)(F)F)c3)cc2)ccn1. The molecule has 0 aliphatic rings. The molecule has 0 saturated heterocycles. The van der Waals surface area contributed by atoms with E-state index >= 15 is 0 Å². The number of hydrogen-bond donors (Lipinski definition) is 6. The molecule has 0 atom stereocenters. The van der Waals surface area contributed by atoms with E-state index < -0.39 is 22.8 Å². The Morgan fingerprint density at radius 1 is 0.629 bits per heavy atom. The summed E-state index contributed by atoms with van der Waals surface area (Å²) in [6.07, 6.45) is 0.209. The smallest absolute Gasteiger partial charge is 0.417 e. The standard InChI is InChI=1S/C23H20N6O2.C20H14ClF3N4O2S/c1-25-22(24)21-14-19(10-12-27-21)31-18-7-4-16(5-8-18)28-23(30)29-17-6-9-20-15(13-17)3-2-11-26-20;21-16-6-3-12(9-15(16)20(22,23)24)28-19(29)27-11-1-4-13(5-2-11)30-14-7-8-26-17(10-14)18(25)31/h2-14H,1H3,(H2,24,25)(H2,28,29,30);1-10H,(H2,25,31)(H2,27,28,29). The fourth-order valence-electron chi connectivity index (χ4n) is 5.38. The van der Waals surface area contributed by atoms with Crippen molar-refractivity contribution >= 4 is 80.4 Å². The van der Waals surface area contributed by atoms with E-state index in [9.17, 15) is 22.8 Å². The average Bonchev–Trinajstić information content (AvgIpc) is 3.25. The number of pyridine rings is 3. The second-order valence-electron chi connectivity index (χ2n) is 12.7. The maximum absolute atomic E-state index is 12.9. The fourth-order valence-corrected chi connectivity index (χ4v) is 5.72. The first kappa shape index (κ1) is 43.7. The number of amidine groups is 1. The maximum atomic E-state index is 12.9. The van der Waals surface area contributed by atoms with Gasteiger partial charge in [-0.3, -0.25) is 19.9 Å². The molecular weight excluding hydrogens is 845 g/mol. The Morgan fingerprint density at radius 3 is 1.68 bits per heavy atom. The first-order valence-corrected chi connectivity index (χ1v) is 18.9. The number of carbonyl (C=O) groups is 2. The van der Waals surface area contributed by atoms with Crippen LogP contribution in [0.2, 0.25) is 5.02 Å². The first-order chi connectivity index (χ1) is 29.7. The van der Waals surface area contributed by atoms with Crippen LogP contribution in [0.4, 0.5) is 45.5 Å². The molecular formula is C43H34ClF3N10O4S. The summed E-state index contributed by atoms with van der Waals surface area (Å²) in [5.41, 5.74) is 13.8. The Bertz CT molecular complexity index is 2760. The Kier molecular flexibility index (Phi) is 14.1. The number of anilines is 4. The zero-order valence-electron chi connectivity index (χ0n) is 32.3. The number of thiocarbonyl (C=S) groups is 1. The van der Waals surface area contributed by atoms with Crippen molar-refractivity contribution in [3.05, 3.63) is 162 Å². The summed E-state index contributed by atoms with van der Waals surface area (Å²) in [7, 11) is 1.60. The number of rotatable bonds is 10. The third kappa shape index (κ3) is 12.4. The van der Waals surface area contributed by atoms with Crippen LogP contribution < -0.4 is 42.2 Å². The molecule has 14 nitrogen and oxygen atoms in total. The van der Waals surface area contributed by atoms with E-state index in [0.717, 1.165) is 23.0 Å². The molecule has 0 aliphatic carbocycles. The number of urea groups is 2. The molecule has 7 aromatic rings. The van der Waals surface area contributed by atoms with Gasteiger partial charge in [0, 0.05) is 65.9 Å². The summed E-state index contributed by atoms with van der Waals surface area (Å²) in [4.78, 5) is 40.9. The van der Waals surface area contributed by atoms with Crippen LogP contribution in [0, 0.1) is 0 Å². The van der Waals surface area contributed by atoms with E-state index in [2.05, 4.69) is 41.2 Å². The Balaban J connectivity index is 0.000000207. The number of alkyl halides is 3. The van der Waals surface area contributed by atoms with E-state index in [4.69, 9.17) is 44.8 Å². The van der Waals surface area contributed by atoms with Gasteiger partial charge in [0.2, 0.25) is 0 Å². The number of nitrogens with one attached hydrogen (secondary N) is 4. The number of carbonyl (C=O) groups excluding carboxylic acids is 2. The minimum Gasteiger partial charge on any atom is -0.457 e. The number of halogens is 4. The lowest BCUT2D eigenvalue weighted by Gasteiger charge is -2.12. The number of nitrogens with two attached hydrogens (primary N) is 2. The summed E-state index contributed by atoms with van der Waals surface area (Å²) < 4.78 is 50.3.